The van der Waals surface area contributed by atoms with Crippen LogP contribution in [-0.4, -0.2) is 21.6 Å². The summed E-state index contributed by atoms with van der Waals surface area (Å²) in [4.78, 5) is 18.4. The monoisotopic (exact) mass is 339 g/mol. The molecule has 2 N–H and O–H groups in total. The van der Waals surface area contributed by atoms with E-state index in [1.165, 1.54) is 0 Å². The minimum absolute atomic E-state index is 0.117. The van der Waals surface area contributed by atoms with Crippen LogP contribution in [0.2, 0.25) is 10.2 Å². The van der Waals surface area contributed by atoms with E-state index in [1.54, 1.807) is 11.3 Å². The summed E-state index contributed by atoms with van der Waals surface area (Å²) in [7, 11) is 0. The SMILES string of the molecule is Cc1cnc(CN2OCCc3c(Cl)nc(N)nc32)c(C)c1Cl. The molecule has 0 saturated heterocycles. The number of aromatic nitrogens is 3. The van der Waals surface area contributed by atoms with Crippen molar-refractivity contribution < 1.29 is 4.84 Å². The van der Waals surface area contributed by atoms with Crippen LogP contribution < -0.4 is 10.8 Å². The van der Waals surface area contributed by atoms with Crippen molar-refractivity contribution in [1.82, 2.24) is 15.0 Å². The van der Waals surface area contributed by atoms with Crippen LogP contribution in [0.1, 0.15) is 22.4 Å². The fourth-order valence-corrected chi connectivity index (χ4v) is 2.79. The van der Waals surface area contributed by atoms with Crippen LogP contribution in [-0.2, 0) is 17.8 Å². The summed E-state index contributed by atoms with van der Waals surface area (Å²) in [6.45, 7) is 4.76. The minimum atomic E-state index is 0.117. The van der Waals surface area contributed by atoms with Crippen molar-refractivity contribution in [1.29, 1.82) is 0 Å². The van der Waals surface area contributed by atoms with Gasteiger partial charge in [0.05, 0.1) is 18.8 Å². The average molecular weight is 340 g/mol. The fourth-order valence-electron chi connectivity index (χ4n) is 2.37. The molecule has 1 aliphatic rings. The van der Waals surface area contributed by atoms with Crippen LogP contribution in [0.15, 0.2) is 6.20 Å². The molecule has 22 heavy (non-hydrogen) atoms. The molecule has 2 aromatic rings. The van der Waals surface area contributed by atoms with Gasteiger partial charge in [-0.05, 0) is 25.0 Å². The second-order valence-electron chi connectivity index (χ2n) is 5.12. The van der Waals surface area contributed by atoms with E-state index in [0.29, 0.717) is 35.6 Å². The number of hydrogen-bond donors (Lipinski definition) is 1. The lowest BCUT2D eigenvalue weighted by Crippen LogP contribution is -2.31. The molecule has 0 fully saturated rings. The van der Waals surface area contributed by atoms with Crippen molar-refractivity contribution in [3.8, 4) is 0 Å². The van der Waals surface area contributed by atoms with E-state index in [9.17, 15) is 0 Å². The molecule has 1 aliphatic heterocycles. The van der Waals surface area contributed by atoms with Crippen LogP contribution in [0.5, 0.6) is 0 Å². The molecule has 116 valence electrons. The van der Waals surface area contributed by atoms with Gasteiger partial charge in [-0.15, -0.1) is 0 Å². The molecule has 2 aromatic heterocycles. The van der Waals surface area contributed by atoms with Gasteiger partial charge in [-0.1, -0.05) is 23.2 Å². The summed E-state index contributed by atoms with van der Waals surface area (Å²) in [5.74, 6) is 0.701. The zero-order valence-corrected chi connectivity index (χ0v) is 13.7. The summed E-state index contributed by atoms with van der Waals surface area (Å²) in [6, 6.07) is 0. The average Bonchev–Trinajstić information content (AvgIpc) is 2.48. The molecular weight excluding hydrogens is 325 g/mol. The normalized spacial score (nSPS) is 14.1. The Morgan fingerprint density at radius 1 is 1.32 bits per heavy atom. The number of halogens is 2. The molecule has 0 bridgehead atoms. The maximum absolute atomic E-state index is 6.29. The number of nitrogens with two attached hydrogens (primary N) is 1. The number of fused-ring (bicyclic) bond motifs is 1. The van der Waals surface area contributed by atoms with Crippen molar-refractivity contribution in [2.24, 2.45) is 0 Å². The first-order valence-corrected chi connectivity index (χ1v) is 7.56. The van der Waals surface area contributed by atoms with Crippen LogP contribution in [0.25, 0.3) is 0 Å². The number of pyridine rings is 1. The zero-order chi connectivity index (χ0) is 15.9. The molecule has 3 heterocycles. The number of nitrogens with zero attached hydrogens (tertiary/aromatic N) is 4. The maximum Gasteiger partial charge on any atom is 0.223 e. The summed E-state index contributed by atoms with van der Waals surface area (Å²) >= 11 is 12.4. The van der Waals surface area contributed by atoms with Crippen LogP contribution in [0.4, 0.5) is 11.8 Å². The quantitative estimate of drug-likeness (QED) is 0.847. The third-order valence-electron chi connectivity index (χ3n) is 3.60. The molecule has 0 atom stereocenters. The first kappa shape index (κ1) is 15.3. The fraction of sp³-hybridized carbons (Fsp3) is 0.357. The Bertz CT molecular complexity index is 738. The lowest BCUT2D eigenvalue weighted by molar-refractivity contribution is 0.0932. The van der Waals surface area contributed by atoms with E-state index in [2.05, 4.69) is 15.0 Å². The predicted molar refractivity (Wildman–Crippen MR) is 86.0 cm³/mol. The standard InChI is InChI=1S/C14H15Cl2N5O/c1-7-5-18-10(8(2)11(7)15)6-21-13-9(3-4-22-21)12(16)19-14(17)20-13/h5H,3-4,6H2,1-2H3,(H2,17,19,20). The van der Waals surface area contributed by atoms with Gasteiger partial charge in [0.2, 0.25) is 5.95 Å². The third-order valence-corrected chi connectivity index (χ3v) is 4.50. The van der Waals surface area contributed by atoms with Crippen LogP contribution in [0.3, 0.4) is 0 Å². The van der Waals surface area contributed by atoms with Gasteiger partial charge in [-0.3, -0.25) is 9.82 Å². The molecular formula is C14H15Cl2N5O. The molecule has 8 heteroatoms. The Morgan fingerprint density at radius 2 is 2.09 bits per heavy atom. The van der Waals surface area contributed by atoms with Crippen LogP contribution in [0, 0.1) is 13.8 Å². The molecule has 6 nitrogen and oxygen atoms in total. The Hall–Kier alpha value is -1.63. The van der Waals surface area contributed by atoms with Gasteiger partial charge < -0.3 is 5.73 Å². The van der Waals surface area contributed by atoms with Crippen molar-refractivity contribution in [2.75, 3.05) is 17.4 Å². The van der Waals surface area contributed by atoms with E-state index < -0.39 is 0 Å². The van der Waals surface area contributed by atoms with Gasteiger partial charge in [-0.25, -0.2) is 10.0 Å². The molecule has 0 saturated carbocycles. The van der Waals surface area contributed by atoms with Gasteiger partial charge in [0.1, 0.15) is 5.15 Å². The van der Waals surface area contributed by atoms with Crippen molar-refractivity contribution in [2.45, 2.75) is 26.8 Å². The number of aryl methyl sites for hydroxylation is 1. The first-order chi connectivity index (χ1) is 10.5. The van der Waals surface area contributed by atoms with Gasteiger partial charge in [0.25, 0.3) is 0 Å². The first-order valence-electron chi connectivity index (χ1n) is 6.80. The van der Waals surface area contributed by atoms with Crippen molar-refractivity contribution in [3.63, 3.8) is 0 Å². The largest absolute Gasteiger partial charge is 0.368 e. The molecule has 0 amide bonds. The second kappa shape index (κ2) is 5.87. The number of nitrogen functional groups attached to an aromatic ring is 1. The summed E-state index contributed by atoms with van der Waals surface area (Å²) < 4.78 is 0. The number of hydroxylamine groups is 1. The van der Waals surface area contributed by atoms with Gasteiger partial charge in [0, 0.05) is 23.2 Å². The predicted octanol–water partition coefficient (Wildman–Crippen LogP) is 2.87. The van der Waals surface area contributed by atoms with E-state index in [-0.39, 0.29) is 5.95 Å². The zero-order valence-electron chi connectivity index (χ0n) is 12.2. The lowest BCUT2D eigenvalue weighted by Gasteiger charge is -2.29. The molecule has 0 aromatic carbocycles. The van der Waals surface area contributed by atoms with Crippen molar-refractivity contribution >= 4 is 35.0 Å². The van der Waals surface area contributed by atoms with E-state index in [0.717, 1.165) is 22.4 Å². The summed E-state index contributed by atoms with van der Waals surface area (Å²) in [5.41, 5.74) is 9.20. The Morgan fingerprint density at radius 3 is 2.86 bits per heavy atom. The Balaban J connectivity index is 1.97. The number of anilines is 2. The van der Waals surface area contributed by atoms with E-state index in [1.807, 2.05) is 13.8 Å². The lowest BCUT2D eigenvalue weighted by atomic mass is 10.1. The van der Waals surface area contributed by atoms with Gasteiger partial charge in [0.15, 0.2) is 5.82 Å². The smallest absolute Gasteiger partial charge is 0.223 e. The van der Waals surface area contributed by atoms with Crippen molar-refractivity contribution in [3.05, 3.63) is 38.8 Å². The maximum atomic E-state index is 6.29. The minimum Gasteiger partial charge on any atom is -0.368 e. The number of rotatable bonds is 2. The van der Waals surface area contributed by atoms with E-state index in [4.69, 9.17) is 33.8 Å². The molecule has 0 radical (unpaired) electrons. The molecule has 0 unspecified atom stereocenters. The Labute approximate surface area is 138 Å². The topological polar surface area (TPSA) is 77.2 Å². The molecule has 3 rings (SSSR count). The highest BCUT2D eigenvalue weighted by Gasteiger charge is 2.24. The highest BCUT2D eigenvalue weighted by molar-refractivity contribution is 6.32. The summed E-state index contributed by atoms with van der Waals surface area (Å²) in [6.07, 6.45) is 2.39. The number of hydrogen-bond acceptors (Lipinski definition) is 6. The molecule has 0 spiro atoms. The molecule has 0 aliphatic carbocycles. The second-order valence-corrected chi connectivity index (χ2v) is 5.86. The third kappa shape index (κ3) is 2.69. The van der Waals surface area contributed by atoms with E-state index >= 15 is 0 Å². The van der Waals surface area contributed by atoms with Gasteiger partial charge >= 0.3 is 0 Å². The van der Waals surface area contributed by atoms with Gasteiger partial charge in [-0.2, -0.15) is 4.98 Å². The highest BCUT2D eigenvalue weighted by atomic mass is 35.5. The highest BCUT2D eigenvalue weighted by Crippen LogP contribution is 2.31. The summed E-state index contributed by atoms with van der Waals surface area (Å²) in [5, 5.41) is 2.72. The Kier molecular flexibility index (Phi) is 4.08. The van der Waals surface area contributed by atoms with Crippen LogP contribution >= 0.6 is 23.2 Å².